The lowest BCUT2D eigenvalue weighted by Crippen LogP contribution is -2.24. The van der Waals surface area contributed by atoms with Gasteiger partial charge in [0, 0.05) is 0 Å². The number of benzene rings is 2. The van der Waals surface area contributed by atoms with E-state index in [9.17, 15) is 0 Å². The Morgan fingerprint density at radius 2 is 1.06 bits per heavy atom. The highest BCUT2D eigenvalue weighted by Crippen LogP contribution is 2.26. The van der Waals surface area contributed by atoms with E-state index >= 15 is 0 Å². The monoisotopic (exact) mass is 446 g/mol. The van der Waals surface area contributed by atoms with Gasteiger partial charge in [-0.2, -0.15) is 0 Å². The van der Waals surface area contributed by atoms with E-state index in [1.54, 1.807) is 0 Å². The van der Waals surface area contributed by atoms with Gasteiger partial charge in [-0.05, 0) is 60.8 Å². The molecule has 176 valence electrons. The number of aliphatic imine (C=N–C) groups is 2. The van der Waals surface area contributed by atoms with Crippen molar-refractivity contribution in [1.29, 1.82) is 0 Å². The smallest absolute Gasteiger partial charge is 0.193 e. The zero-order chi connectivity index (χ0) is 23.2. The maximum Gasteiger partial charge on any atom is 0.193 e. The highest BCUT2D eigenvalue weighted by atomic mass is 16.5. The third kappa shape index (κ3) is 5.85. The molecule has 0 saturated carbocycles. The van der Waals surface area contributed by atoms with Crippen LogP contribution in [-0.4, -0.2) is 36.1 Å². The van der Waals surface area contributed by atoms with Crippen LogP contribution in [0, 0.1) is 0 Å². The van der Waals surface area contributed by atoms with E-state index in [0.29, 0.717) is 6.42 Å². The second-order valence-corrected chi connectivity index (χ2v) is 9.24. The molecule has 0 N–H and O–H groups in total. The van der Waals surface area contributed by atoms with E-state index in [2.05, 4.69) is 76.2 Å². The number of ether oxygens (including phenoxy) is 2. The summed E-state index contributed by atoms with van der Waals surface area (Å²) < 4.78 is 12.5. The summed E-state index contributed by atoms with van der Waals surface area (Å²) in [6.07, 6.45) is 6.65. The molecule has 4 heteroatoms. The predicted molar refractivity (Wildman–Crippen MR) is 136 cm³/mol. The fraction of sp³-hybridized carbons (Fsp3) is 0.517. The second kappa shape index (κ2) is 11.0. The third-order valence-electron chi connectivity index (χ3n) is 6.85. The minimum absolute atomic E-state index is 0.127. The lowest BCUT2D eigenvalue weighted by atomic mass is 9.99. The Morgan fingerprint density at radius 1 is 0.636 bits per heavy atom. The number of rotatable bonds is 10. The zero-order valence-electron chi connectivity index (χ0n) is 20.6. The van der Waals surface area contributed by atoms with E-state index in [0.717, 1.165) is 50.3 Å². The quantitative estimate of drug-likeness (QED) is 0.440. The van der Waals surface area contributed by atoms with Gasteiger partial charge in [0.05, 0.1) is 18.5 Å². The molecule has 2 aromatic carbocycles. The highest BCUT2D eigenvalue weighted by molar-refractivity contribution is 5.98. The van der Waals surface area contributed by atoms with E-state index in [4.69, 9.17) is 19.5 Å². The second-order valence-electron chi connectivity index (χ2n) is 9.24. The van der Waals surface area contributed by atoms with Crippen molar-refractivity contribution in [3.8, 4) is 0 Å². The Labute approximate surface area is 199 Å². The lowest BCUT2D eigenvalue weighted by Gasteiger charge is -2.16. The van der Waals surface area contributed by atoms with Crippen LogP contribution in [0.5, 0.6) is 0 Å². The molecule has 0 spiro atoms. The molecule has 2 aliphatic rings. The van der Waals surface area contributed by atoms with E-state index in [-0.39, 0.29) is 24.3 Å². The molecular weight excluding hydrogens is 408 g/mol. The maximum absolute atomic E-state index is 6.26. The van der Waals surface area contributed by atoms with Crippen LogP contribution in [0.1, 0.15) is 69.2 Å². The Bertz CT molecular complexity index is 917. The van der Waals surface area contributed by atoms with Gasteiger partial charge in [0.2, 0.25) is 0 Å². The Kier molecular flexibility index (Phi) is 7.85. The van der Waals surface area contributed by atoms with Crippen LogP contribution >= 0.6 is 0 Å². The number of hydrogen-bond donors (Lipinski definition) is 0. The molecule has 0 saturated heterocycles. The molecular formula is C29H38N2O2. The van der Waals surface area contributed by atoms with Crippen molar-refractivity contribution in [3.05, 3.63) is 70.8 Å². The van der Waals surface area contributed by atoms with Gasteiger partial charge in [-0.1, -0.05) is 76.2 Å². The topological polar surface area (TPSA) is 43.2 Å². The van der Waals surface area contributed by atoms with Crippen LogP contribution in [0.4, 0.5) is 0 Å². The van der Waals surface area contributed by atoms with Gasteiger partial charge >= 0.3 is 0 Å². The van der Waals surface area contributed by atoms with Crippen molar-refractivity contribution in [3.63, 3.8) is 0 Å². The van der Waals surface area contributed by atoms with Crippen LogP contribution in [-0.2, 0) is 35.2 Å². The van der Waals surface area contributed by atoms with Crippen molar-refractivity contribution < 1.29 is 9.47 Å². The summed E-state index contributed by atoms with van der Waals surface area (Å²) in [6, 6.07) is 18.0. The van der Waals surface area contributed by atoms with E-state index < -0.39 is 0 Å². The van der Waals surface area contributed by atoms with Crippen molar-refractivity contribution >= 4 is 11.8 Å². The molecule has 0 fully saturated rings. The first-order chi connectivity index (χ1) is 16.1. The van der Waals surface area contributed by atoms with Gasteiger partial charge in [0.25, 0.3) is 0 Å². The van der Waals surface area contributed by atoms with Crippen LogP contribution in [0.2, 0.25) is 0 Å². The third-order valence-corrected chi connectivity index (χ3v) is 6.85. The molecule has 0 amide bonds. The standard InChI is InChI=1S/C29H38N2O2/c1-5-20-11-9-13-22(15-20)17-24-26(7-3)32-28(30-24)19-29-31-25(27(8-4)33-29)18-23-14-10-12-21(6-2)16-23/h9-16,24-27H,5-8,17-19H2,1-4H3/t24-,25-,26?,27?/m1/s1. The molecule has 0 aromatic heterocycles. The van der Waals surface area contributed by atoms with E-state index in [1.807, 2.05) is 0 Å². The fourth-order valence-electron chi connectivity index (χ4n) is 4.91. The lowest BCUT2D eigenvalue weighted by molar-refractivity contribution is 0.174. The van der Waals surface area contributed by atoms with Gasteiger partial charge in [0.15, 0.2) is 11.8 Å². The first kappa shape index (κ1) is 23.5. The molecule has 2 heterocycles. The summed E-state index contributed by atoms with van der Waals surface area (Å²) in [4.78, 5) is 9.94. The van der Waals surface area contributed by atoms with Crippen molar-refractivity contribution in [2.24, 2.45) is 9.98 Å². The minimum atomic E-state index is 0.127. The highest BCUT2D eigenvalue weighted by Gasteiger charge is 2.34. The fourth-order valence-corrected chi connectivity index (χ4v) is 4.91. The first-order valence-corrected chi connectivity index (χ1v) is 12.7. The molecule has 4 atom stereocenters. The Hall–Kier alpha value is -2.62. The minimum Gasteiger partial charge on any atom is -0.475 e. The van der Waals surface area contributed by atoms with E-state index in [1.165, 1.54) is 22.3 Å². The molecule has 4 nitrogen and oxygen atoms in total. The van der Waals surface area contributed by atoms with Crippen molar-refractivity contribution in [2.45, 2.75) is 96.9 Å². The first-order valence-electron chi connectivity index (χ1n) is 12.7. The average Bonchev–Trinajstić information content (AvgIpc) is 3.41. The van der Waals surface area contributed by atoms with Crippen LogP contribution < -0.4 is 0 Å². The number of hydrogen-bond acceptors (Lipinski definition) is 4. The number of aryl methyl sites for hydroxylation is 2. The average molecular weight is 447 g/mol. The molecule has 33 heavy (non-hydrogen) atoms. The van der Waals surface area contributed by atoms with Gasteiger partial charge < -0.3 is 9.47 Å². The molecule has 0 bridgehead atoms. The predicted octanol–water partition coefficient (Wildman–Crippen LogP) is 6.14. The zero-order valence-corrected chi connectivity index (χ0v) is 20.6. The normalized spacial score (nSPS) is 24.2. The molecule has 2 aliphatic heterocycles. The van der Waals surface area contributed by atoms with Gasteiger partial charge in [-0.15, -0.1) is 0 Å². The molecule has 2 aromatic rings. The summed E-state index contributed by atoms with van der Waals surface area (Å²) in [5.41, 5.74) is 5.42. The SMILES string of the molecule is CCc1cccc(C[C@H]2N=C(CC3=N[C@H](Cc4cccc(CC)c4)C(CC)O3)OC2CC)c1. The van der Waals surface area contributed by atoms with Gasteiger partial charge in [0.1, 0.15) is 12.2 Å². The summed E-state index contributed by atoms with van der Waals surface area (Å²) in [5.74, 6) is 1.56. The van der Waals surface area contributed by atoms with Crippen molar-refractivity contribution in [1.82, 2.24) is 0 Å². The van der Waals surface area contributed by atoms with Crippen LogP contribution in [0.3, 0.4) is 0 Å². The Balaban J connectivity index is 1.43. The largest absolute Gasteiger partial charge is 0.475 e. The molecule has 0 aliphatic carbocycles. The van der Waals surface area contributed by atoms with Crippen LogP contribution in [0.25, 0.3) is 0 Å². The number of nitrogens with zero attached hydrogens (tertiary/aromatic N) is 2. The summed E-state index contributed by atoms with van der Waals surface area (Å²) in [5, 5.41) is 0. The summed E-state index contributed by atoms with van der Waals surface area (Å²) >= 11 is 0. The van der Waals surface area contributed by atoms with Crippen LogP contribution in [0.15, 0.2) is 58.5 Å². The van der Waals surface area contributed by atoms with Gasteiger partial charge in [-0.25, -0.2) is 9.98 Å². The van der Waals surface area contributed by atoms with Crippen molar-refractivity contribution in [2.75, 3.05) is 0 Å². The summed E-state index contributed by atoms with van der Waals surface area (Å²) in [7, 11) is 0. The van der Waals surface area contributed by atoms with Gasteiger partial charge in [-0.3, -0.25) is 0 Å². The summed E-state index contributed by atoms with van der Waals surface area (Å²) in [6.45, 7) is 8.75. The molecule has 2 unspecified atom stereocenters. The Morgan fingerprint density at radius 3 is 1.45 bits per heavy atom. The maximum atomic E-state index is 6.26. The molecule has 4 rings (SSSR count). The molecule has 0 radical (unpaired) electrons.